The normalized spacial score (nSPS) is 11.7. The number of imidazole rings is 1. The first-order chi connectivity index (χ1) is 5.82. The summed E-state index contributed by atoms with van der Waals surface area (Å²) in [5, 5.41) is 10.5. The summed E-state index contributed by atoms with van der Waals surface area (Å²) in [6.45, 7) is 5.91. The first-order valence-corrected chi connectivity index (χ1v) is 4.00. The van der Waals surface area contributed by atoms with Crippen molar-refractivity contribution in [3.05, 3.63) is 22.0 Å². The molecule has 1 rings (SSSR count). The van der Waals surface area contributed by atoms with E-state index in [1.54, 1.807) is 13.2 Å². The molecule has 0 aromatic carbocycles. The molecule has 0 atom stereocenters. The van der Waals surface area contributed by atoms with E-state index in [2.05, 4.69) is 4.98 Å². The summed E-state index contributed by atoms with van der Waals surface area (Å²) in [6, 6.07) is 0. The minimum Gasteiger partial charge on any atom is -0.390 e. The molecule has 0 saturated heterocycles. The molecule has 13 heavy (non-hydrogen) atoms. The van der Waals surface area contributed by atoms with Crippen LogP contribution in [0.15, 0.2) is 6.20 Å². The van der Waals surface area contributed by atoms with E-state index in [1.807, 2.05) is 20.8 Å². The van der Waals surface area contributed by atoms with Gasteiger partial charge in [0.1, 0.15) is 6.20 Å². The van der Waals surface area contributed by atoms with Crippen LogP contribution in [0.3, 0.4) is 0 Å². The molecule has 0 bridgehead atoms. The van der Waals surface area contributed by atoms with Crippen molar-refractivity contribution in [2.24, 2.45) is 7.05 Å². The molecule has 0 aliphatic carbocycles. The molecule has 72 valence electrons. The molecule has 0 saturated carbocycles. The predicted molar refractivity (Wildman–Crippen MR) is 48.6 cm³/mol. The molecule has 0 radical (unpaired) electrons. The quantitative estimate of drug-likeness (QED) is 0.491. The Labute approximate surface area is 76.5 Å². The third-order valence-electron chi connectivity index (χ3n) is 1.78. The number of aromatic nitrogens is 2. The van der Waals surface area contributed by atoms with E-state index in [1.165, 1.54) is 4.57 Å². The minimum absolute atomic E-state index is 0.107. The molecule has 0 unspecified atom stereocenters. The molecule has 1 heterocycles. The van der Waals surface area contributed by atoms with Crippen molar-refractivity contribution in [2.75, 3.05) is 0 Å². The summed E-state index contributed by atoms with van der Waals surface area (Å²) in [4.78, 5) is 14.0. The van der Waals surface area contributed by atoms with E-state index in [0.29, 0.717) is 0 Å². The van der Waals surface area contributed by atoms with Gasteiger partial charge in [-0.2, -0.15) is 0 Å². The molecule has 5 nitrogen and oxygen atoms in total. The van der Waals surface area contributed by atoms with Gasteiger partial charge >= 0.3 is 5.95 Å². The lowest BCUT2D eigenvalue weighted by Gasteiger charge is -2.10. The third kappa shape index (κ3) is 1.85. The maximum absolute atomic E-state index is 10.5. The Morgan fingerprint density at radius 3 is 2.31 bits per heavy atom. The number of hydrogen-bond donors (Lipinski definition) is 0. The summed E-state index contributed by atoms with van der Waals surface area (Å²) in [5.41, 5.74) is 0.591. The van der Waals surface area contributed by atoms with E-state index >= 15 is 0 Å². The minimum atomic E-state index is -0.477. The van der Waals surface area contributed by atoms with Crippen molar-refractivity contribution in [3.63, 3.8) is 0 Å². The van der Waals surface area contributed by atoms with Crippen LogP contribution in [0.5, 0.6) is 0 Å². The highest BCUT2D eigenvalue weighted by Gasteiger charge is 2.25. The number of rotatable bonds is 1. The van der Waals surface area contributed by atoms with Crippen LogP contribution in [0.2, 0.25) is 0 Å². The Hall–Kier alpha value is -1.39. The first kappa shape index (κ1) is 9.70. The van der Waals surface area contributed by atoms with E-state index < -0.39 is 4.92 Å². The summed E-state index contributed by atoms with van der Waals surface area (Å²) in [5.74, 6) is -0.107. The zero-order chi connectivity index (χ0) is 10.2. The Morgan fingerprint density at radius 2 is 2.08 bits per heavy atom. The van der Waals surface area contributed by atoms with Crippen molar-refractivity contribution < 1.29 is 4.92 Å². The van der Waals surface area contributed by atoms with Gasteiger partial charge in [0, 0.05) is 5.41 Å². The second-order valence-electron chi connectivity index (χ2n) is 4.04. The van der Waals surface area contributed by atoms with E-state index in [9.17, 15) is 10.1 Å². The number of nitro groups is 1. The van der Waals surface area contributed by atoms with Crippen molar-refractivity contribution in [3.8, 4) is 0 Å². The predicted octanol–water partition coefficient (Wildman–Crippen LogP) is 1.63. The Morgan fingerprint density at radius 1 is 1.54 bits per heavy atom. The zero-order valence-corrected chi connectivity index (χ0v) is 8.24. The first-order valence-electron chi connectivity index (χ1n) is 4.00. The SMILES string of the molecule is Cn1cc(C(C)(C)C)nc1[N+](=O)[O-]. The Bertz CT molecular complexity index is 336. The van der Waals surface area contributed by atoms with Gasteiger partial charge in [-0.1, -0.05) is 25.8 Å². The number of hydrogen-bond acceptors (Lipinski definition) is 3. The molecule has 0 fully saturated rings. The highest BCUT2D eigenvalue weighted by Crippen LogP contribution is 2.22. The largest absolute Gasteiger partial charge is 0.434 e. The van der Waals surface area contributed by atoms with Gasteiger partial charge in [-0.15, -0.1) is 0 Å². The smallest absolute Gasteiger partial charge is 0.390 e. The number of nitrogens with zero attached hydrogens (tertiary/aromatic N) is 3. The van der Waals surface area contributed by atoms with Gasteiger partial charge in [0.2, 0.25) is 0 Å². The van der Waals surface area contributed by atoms with E-state index in [0.717, 1.165) is 5.69 Å². The van der Waals surface area contributed by atoms with Crippen LogP contribution >= 0.6 is 0 Å². The summed E-state index contributed by atoms with van der Waals surface area (Å²) < 4.78 is 1.43. The Kier molecular flexibility index (Phi) is 2.11. The molecular weight excluding hydrogens is 170 g/mol. The molecular formula is C8H13N3O2. The highest BCUT2D eigenvalue weighted by molar-refractivity contribution is 5.19. The van der Waals surface area contributed by atoms with Gasteiger partial charge in [-0.25, -0.2) is 4.57 Å². The topological polar surface area (TPSA) is 61.0 Å². The van der Waals surface area contributed by atoms with Gasteiger partial charge in [-0.3, -0.25) is 0 Å². The van der Waals surface area contributed by atoms with Gasteiger partial charge in [0.15, 0.2) is 5.69 Å². The van der Waals surface area contributed by atoms with Crippen molar-refractivity contribution in [2.45, 2.75) is 26.2 Å². The van der Waals surface area contributed by atoms with Crippen LogP contribution in [0, 0.1) is 10.1 Å². The van der Waals surface area contributed by atoms with Gasteiger partial charge in [0.25, 0.3) is 0 Å². The maximum atomic E-state index is 10.5. The summed E-state index contributed by atoms with van der Waals surface area (Å²) in [6.07, 6.45) is 1.69. The summed E-state index contributed by atoms with van der Waals surface area (Å²) >= 11 is 0. The zero-order valence-electron chi connectivity index (χ0n) is 8.24. The second kappa shape index (κ2) is 2.83. The molecule has 0 aliphatic heterocycles. The molecule has 5 heteroatoms. The van der Waals surface area contributed by atoms with Gasteiger partial charge < -0.3 is 10.1 Å². The van der Waals surface area contributed by atoms with Gasteiger partial charge in [-0.05, 0) is 4.92 Å². The van der Waals surface area contributed by atoms with Crippen LogP contribution < -0.4 is 0 Å². The van der Waals surface area contributed by atoms with Gasteiger partial charge in [0.05, 0.1) is 7.05 Å². The number of aryl methyl sites for hydroxylation is 1. The maximum Gasteiger partial charge on any atom is 0.434 e. The molecule has 0 amide bonds. The van der Waals surface area contributed by atoms with E-state index in [4.69, 9.17) is 0 Å². The second-order valence-corrected chi connectivity index (χ2v) is 4.04. The molecule has 1 aromatic heterocycles. The van der Waals surface area contributed by atoms with Crippen molar-refractivity contribution in [1.82, 2.24) is 9.55 Å². The third-order valence-corrected chi connectivity index (χ3v) is 1.78. The molecule has 0 spiro atoms. The summed E-state index contributed by atoms with van der Waals surface area (Å²) in [7, 11) is 1.63. The van der Waals surface area contributed by atoms with Crippen molar-refractivity contribution in [1.29, 1.82) is 0 Å². The van der Waals surface area contributed by atoms with Crippen LogP contribution in [0.25, 0.3) is 0 Å². The Balaban J connectivity index is 3.17. The fraction of sp³-hybridized carbons (Fsp3) is 0.625. The van der Waals surface area contributed by atoms with Crippen LogP contribution in [0.1, 0.15) is 26.5 Å². The lowest BCUT2D eigenvalue weighted by atomic mass is 9.93. The lowest BCUT2D eigenvalue weighted by molar-refractivity contribution is -0.396. The van der Waals surface area contributed by atoms with Crippen molar-refractivity contribution >= 4 is 5.95 Å². The van der Waals surface area contributed by atoms with Crippen LogP contribution in [0.4, 0.5) is 5.95 Å². The van der Waals surface area contributed by atoms with Crippen LogP contribution in [-0.4, -0.2) is 14.5 Å². The fourth-order valence-electron chi connectivity index (χ4n) is 0.988. The molecule has 0 aliphatic rings. The molecule has 1 aromatic rings. The van der Waals surface area contributed by atoms with E-state index in [-0.39, 0.29) is 11.4 Å². The average molecular weight is 183 g/mol. The molecule has 0 N–H and O–H groups in total. The van der Waals surface area contributed by atoms with Crippen LogP contribution in [-0.2, 0) is 12.5 Å². The standard InChI is InChI=1S/C8H13N3O2/c1-8(2,3)6-5-10(4)7(9-6)11(12)13/h5H,1-4H3. The lowest BCUT2D eigenvalue weighted by Crippen LogP contribution is -2.11. The monoisotopic (exact) mass is 183 g/mol. The fourth-order valence-corrected chi connectivity index (χ4v) is 0.988. The average Bonchev–Trinajstić information content (AvgIpc) is 2.29. The highest BCUT2D eigenvalue weighted by atomic mass is 16.6.